The normalized spacial score (nSPS) is 10.2. The maximum atomic E-state index is 12.1. The number of hydrogen-bond donors (Lipinski definition) is 1. The Morgan fingerprint density at radius 3 is 2.61 bits per heavy atom. The molecule has 0 aliphatic heterocycles. The molecule has 1 aromatic heterocycles. The summed E-state index contributed by atoms with van der Waals surface area (Å²) in [4.78, 5) is 13.9. The number of hydrogen-bond acceptors (Lipinski definition) is 3. The standard InChI is InChI=1S/C14H15NO2S/c1-9-4-6-12(17-3)11(8-9)15-14(16)13-7-5-10(2)18-13/h4-8H,1-3H3,(H,15,16). The number of aryl methyl sites for hydroxylation is 2. The zero-order valence-corrected chi connectivity index (χ0v) is 11.4. The lowest BCUT2D eigenvalue weighted by Crippen LogP contribution is -2.11. The lowest BCUT2D eigenvalue weighted by molar-refractivity contribution is 0.103. The number of carbonyl (C=O) groups excluding carboxylic acids is 1. The number of ether oxygens (including phenoxy) is 1. The van der Waals surface area contributed by atoms with Crippen LogP contribution in [0.2, 0.25) is 0 Å². The van der Waals surface area contributed by atoms with Crippen LogP contribution < -0.4 is 10.1 Å². The fourth-order valence-electron chi connectivity index (χ4n) is 1.66. The average molecular weight is 261 g/mol. The number of anilines is 1. The summed E-state index contributed by atoms with van der Waals surface area (Å²) in [6, 6.07) is 9.47. The Morgan fingerprint density at radius 2 is 2.00 bits per heavy atom. The Labute approximate surface area is 110 Å². The van der Waals surface area contributed by atoms with Crippen molar-refractivity contribution >= 4 is 22.9 Å². The summed E-state index contributed by atoms with van der Waals surface area (Å²) in [7, 11) is 1.59. The monoisotopic (exact) mass is 261 g/mol. The molecule has 0 fully saturated rings. The van der Waals surface area contributed by atoms with Gasteiger partial charge in [-0.25, -0.2) is 0 Å². The number of carbonyl (C=O) groups is 1. The van der Waals surface area contributed by atoms with Gasteiger partial charge < -0.3 is 10.1 Å². The van der Waals surface area contributed by atoms with Crippen LogP contribution in [0, 0.1) is 13.8 Å². The smallest absolute Gasteiger partial charge is 0.265 e. The highest BCUT2D eigenvalue weighted by Crippen LogP contribution is 2.26. The molecule has 2 rings (SSSR count). The second-order valence-corrected chi connectivity index (χ2v) is 5.36. The van der Waals surface area contributed by atoms with Gasteiger partial charge >= 0.3 is 0 Å². The van der Waals surface area contributed by atoms with E-state index >= 15 is 0 Å². The van der Waals surface area contributed by atoms with Crippen molar-refractivity contribution in [2.75, 3.05) is 12.4 Å². The molecule has 2 aromatic rings. The van der Waals surface area contributed by atoms with E-state index in [0.717, 1.165) is 10.4 Å². The lowest BCUT2D eigenvalue weighted by atomic mass is 10.2. The zero-order valence-electron chi connectivity index (χ0n) is 10.6. The van der Waals surface area contributed by atoms with E-state index in [1.54, 1.807) is 7.11 Å². The Bertz CT molecular complexity index is 575. The van der Waals surface area contributed by atoms with Crippen molar-refractivity contribution in [3.8, 4) is 5.75 Å². The van der Waals surface area contributed by atoms with Crippen molar-refractivity contribution in [3.05, 3.63) is 45.6 Å². The SMILES string of the molecule is COc1ccc(C)cc1NC(=O)c1ccc(C)s1. The first kappa shape index (κ1) is 12.6. The molecule has 0 saturated heterocycles. The van der Waals surface area contributed by atoms with Gasteiger partial charge in [-0.3, -0.25) is 4.79 Å². The van der Waals surface area contributed by atoms with Crippen LogP contribution >= 0.6 is 11.3 Å². The van der Waals surface area contributed by atoms with E-state index in [-0.39, 0.29) is 5.91 Å². The van der Waals surface area contributed by atoms with Gasteiger partial charge in [0.25, 0.3) is 5.91 Å². The number of nitrogens with one attached hydrogen (secondary N) is 1. The van der Waals surface area contributed by atoms with Crippen LogP contribution in [0.3, 0.4) is 0 Å². The van der Waals surface area contributed by atoms with Gasteiger partial charge in [-0.05, 0) is 43.7 Å². The van der Waals surface area contributed by atoms with E-state index in [4.69, 9.17) is 4.74 Å². The molecule has 0 radical (unpaired) electrons. The third-order valence-corrected chi connectivity index (χ3v) is 3.57. The molecule has 0 spiro atoms. The summed E-state index contributed by atoms with van der Waals surface area (Å²) in [6.45, 7) is 3.96. The summed E-state index contributed by atoms with van der Waals surface area (Å²) in [6.07, 6.45) is 0. The van der Waals surface area contributed by atoms with Gasteiger partial charge in [0.15, 0.2) is 0 Å². The van der Waals surface area contributed by atoms with Crippen LogP contribution in [0.25, 0.3) is 0 Å². The van der Waals surface area contributed by atoms with Gasteiger partial charge in [-0.1, -0.05) is 6.07 Å². The third-order valence-electron chi connectivity index (χ3n) is 2.57. The Balaban J connectivity index is 2.23. The molecule has 0 aliphatic rings. The highest BCUT2D eigenvalue weighted by molar-refractivity contribution is 7.14. The Morgan fingerprint density at radius 1 is 1.22 bits per heavy atom. The summed E-state index contributed by atoms with van der Waals surface area (Å²) >= 11 is 1.48. The van der Waals surface area contributed by atoms with Gasteiger partial charge in [0.2, 0.25) is 0 Å². The topological polar surface area (TPSA) is 38.3 Å². The molecular formula is C14H15NO2S. The highest BCUT2D eigenvalue weighted by Gasteiger charge is 2.11. The summed E-state index contributed by atoms with van der Waals surface area (Å²) in [5.41, 5.74) is 1.78. The van der Waals surface area contributed by atoms with Gasteiger partial charge in [0.1, 0.15) is 5.75 Å². The maximum absolute atomic E-state index is 12.1. The predicted molar refractivity (Wildman–Crippen MR) is 74.7 cm³/mol. The van der Waals surface area contributed by atoms with Crippen LogP contribution in [0.15, 0.2) is 30.3 Å². The van der Waals surface area contributed by atoms with E-state index in [0.29, 0.717) is 16.3 Å². The number of thiophene rings is 1. The molecule has 18 heavy (non-hydrogen) atoms. The predicted octanol–water partition coefficient (Wildman–Crippen LogP) is 3.63. The number of methoxy groups -OCH3 is 1. The van der Waals surface area contributed by atoms with E-state index in [2.05, 4.69) is 5.32 Å². The number of rotatable bonds is 3. The highest BCUT2D eigenvalue weighted by atomic mass is 32.1. The van der Waals surface area contributed by atoms with Crippen molar-refractivity contribution < 1.29 is 9.53 Å². The van der Waals surface area contributed by atoms with Crippen LogP contribution in [0.4, 0.5) is 5.69 Å². The first-order valence-electron chi connectivity index (χ1n) is 5.62. The van der Waals surface area contributed by atoms with E-state index in [1.165, 1.54) is 11.3 Å². The van der Waals surface area contributed by atoms with E-state index in [9.17, 15) is 4.79 Å². The molecule has 0 bridgehead atoms. The second-order valence-electron chi connectivity index (χ2n) is 4.07. The molecule has 3 nitrogen and oxygen atoms in total. The third kappa shape index (κ3) is 2.71. The van der Waals surface area contributed by atoms with Crippen LogP contribution in [0.5, 0.6) is 5.75 Å². The molecule has 1 aromatic carbocycles. The average Bonchev–Trinajstić information content (AvgIpc) is 2.76. The first-order chi connectivity index (χ1) is 8.60. The first-order valence-corrected chi connectivity index (χ1v) is 6.44. The lowest BCUT2D eigenvalue weighted by Gasteiger charge is -2.10. The van der Waals surface area contributed by atoms with Gasteiger partial charge in [-0.15, -0.1) is 11.3 Å². The minimum absolute atomic E-state index is 0.1000. The number of benzene rings is 1. The van der Waals surface area contributed by atoms with Crippen LogP contribution in [-0.4, -0.2) is 13.0 Å². The fraction of sp³-hybridized carbons (Fsp3) is 0.214. The number of amides is 1. The minimum atomic E-state index is -0.1000. The van der Waals surface area contributed by atoms with Crippen molar-refractivity contribution in [2.45, 2.75) is 13.8 Å². The van der Waals surface area contributed by atoms with Gasteiger partial charge in [-0.2, -0.15) is 0 Å². The second kappa shape index (κ2) is 5.23. The Kier molecular flexibility index (Phi) is 3.67. The molecular weight excluding hydrogens is 246 g/mol. The Hall–Kier alpha value is -1.81. The molecule has 0 atom stereocenters. The fourth-order valence-corrected chi connectivity index (χ4v) is 2.42. The van der Waals surface area contributed by atoms with Gasteiger partial charge in [0.05, 0.1) is 17.7 Å². The van der Waals surface area contributed by atoms with Crippen molar-refractivity contribution in [3.63, 3.8) is 0 Å². The van der Waals surface area contributed by atoms with Crippen molar-refractivity contribution in [1.82, 2.24) is 0 Å². The zero-order chi connectivity index (χ0) is 13.1. The summed E-state index contributed by atoms with van der Waals surface area (Å²) in [5, 5.41) is 2.88. The molecule has 0 unspecified atom stereocenters. The van der Waals surface area contributed by atoms with E-state index in [1.807, 2.05) is 44.2 Å². The quantitative estimate of drug-likeness (QED) is 0.916. The maximum Gasteiger partial charge on any atom is 0.265 e. The summed E-state index contributed by atoms with van der Waals surface area (Å²) in [5.74, 6) is 0.569. The summed E-state index contributed by atoms with van der Waals surface area (Å²) < 4.78 is 5.23. The van der Waals surface area contributed by atoms with E-state index < -0.39 is 0 Å². The van der Waals surface area contributed by atoms with Crippen molar-refractivity contribution in [1.29, 1.82) is 0 Å². The molecule has 1 amide bonds. The molecule has 1 heterocycles. The molecule has 4 heteroatoms. The minimum Gasteiger partial charge on any atom is -0.495 e. The largest absolute Gasteiger partial charge is 0.495 e. The molecule has 1 N–H and O–H groups in total. The molecule has 0 saturated carbocycles. The molecule has 94 valence electrons. The van der Waals surface area contributed by atoms with Crippen LogP contribution in [0.1, 0.15) is 20.1 Å². The van der Waals surface area contributed by atoms with Crippen molar-refractivity contribution in [2.24, 2.45) is 0 Å². The van der Waals surface area contributed by atoms with Gasteiger partial charge in [0, 0.05) is 4.88 Å². The van der Waals surface area contributed by atoms with Crippen LogP contribution in [-0.2, 0) is 0 Å². The molecule has 0 aliphatic carbocycles.